The molecule has 0 saturated carbocycles. The van der Waals surface area contributed by atoms with E-state index in [1.165, 1.54) is 4.70 Å². The van der Waals surface area contributed by atoms with Crippen molar-refractivity contribution in [1.82, 2.24) is 15.0 Å². The maximum absolute atomic E-state index is 11.0. The molecule has 1 fully saturated rings. The van der Waals surface area contributed by atoms with Crippen LogP contribution in [-0.2, 0) is 6.42 Å². The fourth-order valence-corrected chi connectivity index (χ4v) is 4.42. The first kappa shape index (κ1) is 16.9. The molecule has 1 aliphatic rings. The van der Waals surface area contributed by atoms with E-state index in [0.717, 1.165) is 43.0 Å². The molecule has 2 aromatic heterocycles. The lowest BCUT2D eigenvalue weighted by Crippen LogP contribution is -2.34. The van der Waals surface area contributed by atoms with Crippen LogP contribution in [0.3, 0.4) is 0 Å². The van der Waals surface area contributed by atoms with Gasteiger partial charge in [0.2, 0.25) is 0 Å². The summed E-state index contributed by atoms with van der Waals surface area (Å²) in [6, 6.07) is 8.23. The van der Waals surface area contributed by atoms with E-state index in [1.54, 1.807) is 18.3 Å². The van der Waals surface area contributed by atoms with Crippen molar-refractivity contribution in [3.63, 3.8) is 0 Å². The molecular weight excluding hydrogens is 348 g/mol. The zero-order chi connectivity index (χ0) is 18.1. The Bertz CT molecular complexity index is 915. The second-order valence-corrected chi connectivity index (χ2v) is 7.68. The van der Waals surface area contributed by atoms with Crippen molar-refractivity contribution in [3.05, 3.63) is 41.5 Å². The Morgan fingerprint density at radius 2 is 2.00 bits per heavy atom. The molecule has 3 heterocycles. The van der Waals surface area contributed by atoms with Crippen LogP contribution in [0.2, 0.25) is 0 Å². The van der Waals surface area contributed by atoms with E-state index in [9.17, 15) is 9.90 Å². The minimum absolute atomic E-state index is 0.0828. The van der Waals surface area contributed by atoms with Crippen LogP contribution in [0.5, 0.6) is 5.75 Å². The maximum Gasteiger partial charge on any atom is 0.186 e. The Labute approximate surface area is 155 Å². The second kappa shape index (κ2) is 6.99. The molecule has 3 aromatic rings. The summed E-state index contributed by atoms with van der Waals surface area (Å²) in [5.74, 6) is 0.999. The standard InChI is InChI=1S/C19H20N4O2S/c1-12-18(25)15(11-24)21-17(20-12)10-13-6-8-23(9-7-13)19-22-14-4-2-3-5-16(14)26-19/h2-5,11,13,25H,6-10H2,1H3. The molecule has 0 atom stereocenters. The molecule has 1 aliphatic heterocycles. The number of aryl methyl sites for hydroxylation is 1. The summed E-state index contributed by atoms with van der Waals surface area (Å²) in [5.41, 5.74) is 1.60. The number of hydrogen-bond donors (Lipinski definition) is 1. The molecule has 0 spiro atoms. The molecule has 0 unspecified atom stereocenters. The molecule has 0 bridgehead atoms. The summed E-state index contributed by atoms with van der Waals surface area (Å²) >= 11 is 1.74. The van der Waals surface area contributed by atoms with E-state index in [-0.39, 0.29) is 11.4 Å². The van der Waals surface area contributed by atoms with Crippen LogP contribution < -0.4 is 4.90 Å². The highest BCUT2D eigenvalue weighted by Gasteiger charge is 2.23. The molecule has 0 aliphatic carbocycles. The highest BCUT2D eigenvalue weighted by molar-refractivity contribution is 7.22. The molecule has 4 rings (SSSR count). The Kier molecular flexibility index (Phi) is 4.55. The number of anilines is 1. The number of fused-ring (bicyclic) bond motifs is 1. The number of aromatic nitrogens is 3. The van der Waals surface area contributed by atoms with Gasteiger partial charge in [0.15, 0.2) is 17.2 Å². The number of para-hydroxylation sites is 1. The lowest BCUT2D eigenvalue weighted by atomic mass is 9.93. The average molecular weight is 368 g/mol. The van der Waals surface area contributed by atoms with Crippen LogP contribution in [0.1, 0.15) is 34.8 Å². The van der Waals surface area contributed by atoms with Crippen molar-refractivity contribution < 1.29 is 9.90 Å². The maximum atomic E-state index is 11.0. The highest BCUT2D eigenvalue weighted by atomic mass is 32.1. The number of benzene rings is 1. The third-order valence-corrected chi connectivity index (χ3v) is 5.98. The van der Waals surface area contributed by atoms with Crippen molar-refractivity contribution >= 4 is 33.0 Å². The van der Waals surface area contributed by atoms with Crippen molar-refractivity contribution in [2.24, 2.45) is 5.92 Å². The van der Waals surface area contributed by atoms with Crippen molar-refractivity contribution in [2.75, 3.05) is 18.0 Å². The number of carbonyl (C=O) groups excluding carboxylic acids is 1. The molecule has 1 saturated heterocycles. The van der Waals surface area contributed by atoms with E-state index in [4.69, 9.17) is 4.98 Å². The SMILES string of the molecule is Cc1nc(CC2CCN(c3nc4ccccc4s3)CC2)nc(C=O)c1O. The van der Waals surface area contributed by atoms with E-state index >= 15 is 0 Å². The van der Waals surface area contributed by atoms with Crippen molar-refractivity contribution in [1.29, 1.82) is 0 Å². The summed E-state index contributed by atoms with van der Waals surface area (Å²) in [6.45, 7) is 3.62. The smallest absolute Gasteiger partial charge is 0.186 e. The van der Waals surface area contributed by atoms with Crippen LogP contribution in [0.4, 0.5) is 5.13 Å². The third-order valence-electron chi connectivity index (χ3n) is 4.88. The molecule has 0 radical (unpaired) electrons. The van der Waals surface area contributed by atoms with E-state index in [2.05, 4.69) is 27.0 Å². The van der Waals surface area contributed by atoms with Crippen LogP contribution in [0.25, 0.3) is 10.2 Å². The summed E-state index contributed by atoms with van der Waals surface area (Å²) in [7, 11) is 0. The zero-order valence-electron chi connectivity index (χ0n) is 14.6. The van der Waals surface area contributed by atoms with Gasteiger partial charge in [0.05, 0.1) is 15.9 Å². The lowest BCUT2D eigenvalue weighted by molar-refractivity contribution is 0.111. The Morgan fingerprint density at radius 1 is 1.23 bits per heavy atom. The van der Waals surface area contributed by atoms with Gasteiger partial charge in [-0.1, -0.05) is 23.5 Å². The van der Waals surface area contributed by atoms with Crippen molar-refractivity contribution in [3.8, 4) is 5.75 Å². The summed E-state index contributed by atoms with van der Waals surface area (Å²) < 4.78 is 1.22. The molecule has 26 heavy (non-hydrogen) atoms. The number of thiazole rings is 1. The van der Waals surface area contributed by atoms with Gasteiger partial charge in [-0.3, -0.25) is 4.79 Å². The van der Waals surface area contributed by atoms with Gasteiger partial charge in [0.25, 0.3) is 0 Å². The van der Waals surface area contributed by atoms with E-state index in [0.29, 0.717) is 23.7 Å². The number of nitrogens with zero attached hydrogens (tertiary/aromatic N) is 4. The number of carbonyl (C=O) groups is 1. The Balaban J connectivity index is 1.42. The minimum atomic E-state index is -0.116. The summed E-state index contributed by atoms with van der Waals surface area (Å²) in [5, 5.41) is 10.9. The topological polar surface area (TPSA) is 79.2 Å². The van der Waals surface area contributed by atoms with E-state index < -0.39 is 0 Å². The zero-order valence-corrected chi connectivity index (χ0v) is 15.4. The van der Waals surface area contributed by atoms with Crippen LogP contribution in [0.15, 0.2) is 24.3 Å². The monoisotopic (exact) mass is 368 g/mol. The number of hydrogen-bond acceptors (Lipinski definition) is 7. The molecule has 6 nitrogen and oxygen atoms in total. The van der Waals surface area contributed by atoms with Gasteiger partial charge in [-0.25, -0.2) is 15.0 Å². The molecule has 1 aromatic carbocycles. The fraction of sp³-hybridized carbons (Fsp3) is 0.368. The first-order valence-electron chi connectivity index (χ1n) is 8.76. The molecule has 7 heteroatoms. The lowest BCUT2D eigenvalue weighted by Gasteiger charge is -2.31. The number of piperidine rings is 1. The molecular formula is C19H20N4O2S. The van der Waals surface area contributed by atoms with Gasteiger partial charge in [-0.15, -0.1) is 0 Å². The third kappa shape index (κ3) is 3.26. The Morgan fingerprint density at radius 3 is 2.73 bits per heavy atom. The van der Waals surface area contributed by atoms with Crippen LogP contribution in [0, 0.1) is 12.8 Å². The number of aldehydes is 1. The van der Waals surface area contributed by atoms with E-state index in [1.807, 2.05) is 12.1 Å². The average Bonchev–Trinajstić information content (AvgIpc) is 3.09. The van der Waals surface area contributed by atoms with Crippen LogP contribution in [-0.4, -0.2) is 39.4 Å². The second-order valence-electron chi connectivity index (χ2n) is 6.68. The predicted molar refractivity (Wildman–Crippen MR) is 102 cm³/mol. The first-order valence-corrected chi connectivity index (χ1v) is 9.58. The minimum Gasteiger partial charge on any atom is -0.504 e. The summed E-state index contributed by atoms with van der Waals surface area (Å²) in [4.78, 5) is 26.7. The van der Waals surface area contributed by atoms with Crippen molar-refractivity contribution in [2.45, 2.75) is 26.2 Å². The number of rotatable bonds is 4. The summed E-state index contributed by atoms with van der Waals surface area (Å²) in [6.07, 6.45) is 3.39. The molecule has 134 valence electrons. The predicted octanol–water partition coefficient (Wildman–Crippen LogP) is 3.37. The number of aromatic hydroxyl groups is 1. The Hall–Kier alpha value is -2.54. The van der Waals surface area contributed by atoms with Gasteiger partial charge >= 0.3 is 0 Å². The normalized spacial score (nSPS) is 15.5. The van der Waals surface area contributed by atoms with Gasteiger partial charge in [0.1, 0.15) is 11.5 Å². The molecule has 0 amide bonds. The van der Waals surface area contributed by atoms with Gasteiger partial charge in [-0.2, -0.15) is 0 Å². The molecule has 1 N–H and O–H groups in total. The van der Waals surface area contributed by atoms with Gasteiger partial charge in [0, 0.05) is 19.5 Å². The van der Waals surface area contributed by atoms with Gasteiger partial charge in [-0.05, 0) is 37.8 Å². The van der Waals surface area contributed by atoms with Crippen LogP contribution >= 0.6 is 11.3 Å². The fourth-order valence-electron chi connectivity index (χ4n) is 3.40. The van der Waals surface area contributed by atoms with Gasteiger partial charge < -0.3 is 10.0 Å². The largest absolute Gasteiger partial charge is 0.504 e. The first-order chi connectivity index (χ1) is 12.6. The highest BCUT2D eigenvalue weighted by Crippen LogP contribution is 2.32. The quantitative estimate of drug-likeness (QED) is 0.711.